The molecule has 4 heterocycles. The Morgan fingerprint density at radius 2 is 1.04 bits per heavy atom. The van der Waals surface area contributed by atoms with Gasteiger partial charge in [-0.3, -0.25) is 24.0 Å². The predicted molar refractivity (Wildman–Crippen MR) is 269 cm³/mol. The molecular formula is C54H70N10O7. The summed E-state index contributed by atoms with van der Waals surface area (Å²) >= 11 is 0. The van der Waals surface area contributed by atoms with Crippen LogP contribution in [0.5, 0.6) is 0 Å². The SMILES string of the molecule is CN[C@@H](C)C(=O)N[C@H]1CN(C(=O)Nc2ccc(NC(=O)N3CCC(=O)N4[C@H](CC[C@H]4C(=O)N[C@@H]4CCC[C@H]4c4ccccc4)CC3)cc2)CC[C@H]2CC[C@@H](C(=O)N[C@@H]3CCC[C@H]3c3ccccc3)N2C1=O. The minimum Gasteiger partial charge on any atom is -0.351 e. The highest BCUT2D eigenvalue weighted by molar-refractivity contribution is 5.96. The zero-order valence-electron chi connectivity index (χ0n) is 41.0. The number of anilines is 2. The Morgan fingerprint density at radius 3 is 1.58 bits per heavy atom. The molecule has 0 radical (unpaired) electrons. The van der Waals surface area contributed by atoms with Gasteiger partial charge in [-0.2, -0.15) is 0 Å². The van der Waals surface area contributed by atoms with Gasteiger partial charge in [-0.25, -0.2) is 9.59 Å². The summed E-state index contributed by atoms with van der Waals surface area (Å²) in [6, 6.07) is 23.1. The summed E-state index contributed by atoms with van der Waals surface area (Å²) in [6.07, 6.45) is 9.34. The van der Waals surface area contributed by atoms with E-state index in [1.165, 1.54) is 16.0 Å². The summed E-state index contributed by atoms with van der Waals surface area (Å²) < 4.78 is 0. The number of urea groups is 2. The van der Waals surface area contributed by atoms with Crippen LogP contribution in [0.2, 0.25) is 0 Å². The highest BCUT2D eigenvalue weighted by Crippen LogP contribution is 2.38. The Bertz CT molecular complexity index is 2410. The largest absolute Gasteiger partial charge is 0.351 e. The molecule has 0 aromatic heterocycles. The van der Waals surface area contributed by atoms with E-state index in [4.69, 9.17) is 0 Å². The Morgan fingerprint density at radius 1 is 0.549 bits per heavy atom. The topological polar surface area (TPSA) is 205 Å². The van der Waals surface area contributed by atoms with Crippen molar-refractivity contribution in [2.75, 3.05) is 43.9 Å². The van der Waals surface area contributed by atoms with Gasteiger partial charge in [0.1, 0.15) is 18.1 Å². The summed E-state index contributed by atoms with van der Waals surface area (Å²) in [5, 5.41) is 18.3. The molecule has 2 saturated carbocycles. The molecule has 71 heavy (non-hydrogen) atoms. The number of carbonyl (C=O) groups excluding carboxylic acids is 7. The molecule has 17 heteroatoms. The Labute approximate surface area is 416 Å². The van der Waals surface area contributed by atoms with Crippen LogP contribution in [0.1, 0.15) is 113 Å². The minimum absolute atomic E-state index is 0.0351. The maximum absolute atomic E-state index is 14.5. The maximum Gasteiger partial charge on any atom is 0.321 e. The third-order valence-electron chi connectivity index (χ3n) is 16.2. The molecule has 3 aromatic rings. The van der Waals surface area contributed by atoms with Crippen molar-refractivity contribution in [3.8, 4) is 0 Å². The van der Waals surface area contributed by atoms with Crippen LogP contribution in [-0.2, 0) is 24.0 Å². The maximum atomic E-state index is 14.5. The fourth-order valence-corrected chi connectivity index (χ4v) is 12.2. The molecule has 4 aliphatic heterocycles. The molecule has 0 spiro atoms. The summed E-state index contributed by atoms with van der Waals surface area (Å²) in [4.78, 5) is 104. The molecule has 6 fully saturated rings. The third-order valence-corrected chi connectivity index (χ3v) is 16.2. The van der Waals surface area contributed by atoms with Crippen molar-refractivity contribution in [1.29, 1.82) is 0 Å². The van der Waals surface area contributed by atoms with E-state index in [0.717, 1.165) is 38.5 Å². The molecule has 0 bridgehead atoms. The quantitative estimate of drug-likeness (QED) is 0.149. The summed E-state index contributed by atoms with van der Waals surface area (Å²) in [5.41, 5.74) is 3.39. The molecule has 3 aromatic carbocycles. The van der Waals surface area contributed by atoms with Crippen LogP contribution >= 0.6 is 0 Å². The minimum atomic E-state index is -1.09. The number of hydrogen-bond acceptors (Lipinski definition) is 8. The van der Waals surface area contributed by atoms with Crippen molar-refractivity contribution in [3.63, 3.8) is 0 Å². The van der Waals surface area contributed by atoms with Gasteiger partial charge in [-0.05, 0) is 114 Å². The van der Waals surface area contributed by atoms with E-state index in [2.05, 4.69) is 56.2 Å². The zero-order valence-corrected chi connectivity index (χ0v) is 41.0. The van der Waals surface area contributed by atoms with Crippen LogP contribution in [0, 0.1) is 0 Å². The van der Waals surface area contributed by atoms with Gasteiger partial charge < -0.3 is 51.5 Å². The lowest BCUT2D eigenvalue weighted by molar-refractivity contribution is -0.145. The van der Waals surface area contributed by atoms with Crippen molar-refractivity contribution in [1.82, 2.24) is 40.9 Å². The highest BCUT2D eigenvalue weighted by Gasteiger charge is 2.47. The van der Waals surface area contributed by atoms with Crippen molar-refractivity contribution in [3.05, 3.63) is 96.1 Å². The normalized spacial score (nSPS) is 28.1. The van der Waals surface area contributed by atoms with Gasteiger partial charge in [-0.1, -0.05) is 73.5 Å². The summed E-state index contributed by atoms with van der Waals surface area (Å²) in [6.45, 7) is 2.52. The number of benzene rings is 3. The first-order valence-corrected chi connectivity index (χ1v) is 26.0. The van der Waals surface area contributed by atoms with Crippen LogP contribution in [0.4, 0.5) is 21.0 Å². The number of fused-ring (bicyclic) bond motifs is 2. The Hall–Kier alpha value is -6.49. The lowest BCUT2D eigenvalue weighted by Crippen LogP contribution is -2.62. The van der Waals surface area contributed by atoms with Gasteiger partial charge in [0.05, 0.1) is 12.6 Å². The van der Waals surface area contributed by atoms with E-state index in [-0.39, 0.29) is 91.7 Å². The molecule has 0 unspecified atom stereocenters. The van der Waals surface area contributed by atoms with Crippen LogP contribution in [0.3, 0.4) is 0 Å². The van der Waals surface area contributed by atoms with Gasteiger partial charge in [0.25, 0.3) is 0 Å². The molecule has 2 aliphatic carbocycles. The smallest absolute Gasteiger partial charge is 0.321 e. The predicted octanol–water partition coefficient (Wildman–Crippen LogP) is 5.27. The number of nitrogens with one attached hydrogen (secondary N) is 6. The Kier molecular flexibility index (Phi) is 15.5. The molecule has 9 rings (SSSR count). The highest BCUT2D eigenvalue weighted by atomic mass is 16.2. The lowest BCUT2D eigenvalue weighted by Gasteiger charge is -2.39. The molecule has 17 nitrogen and oxygen atoms in total. The number of hydrogen-bond donors (Lipinski definition) is 6. The molecule has 378 valence electrons. The molecule has 6 N–H and O–H groups in total. The van der Waals surface area contributed by atoms with Crippen LogP contribution in [-0.4, -0.2) is 143 Å². The first kappa shape index (κ1) is 49.5. The molecule has 4 saturated heterocycles. The molecule has 10 atom stereocenters. The number of amides is 9. The van der Waals surface area contributed by atoms with Gasteiger partial charge in [-0.15, -0.1) is 0 Å². The van der Waals surface area contributed by atoms with Crippen molar-refractivity contribution in [2.24, 2.45) is 0 Å². The van der Waals surface area contributed by atoms with Gasteiger partial charge in [0.2, 0.25) is 29.5 Å². The van der Waals surface area contributed by atoms with E-state index in [9.17, 15) is 33.6 Å². The zero-order chi connectivity index (χ0) is 49.6. The average Bonchev–Trinajstić information content (AvgIpc) is 4.21. The van der Waals surface area contributed by atoms with E-state index in [1.54, 1.807) is 52.9 Å². The van der Waals surface area contributed by atoms with Crippen molar-refractivity contribution < 1.29 is 33.6 Å². The second-order valence-electron chi connectivity index (χ2n) is 20.4. The summed E-state index contributed by atoms with van der Waals surface area (Å²) in [5.74, 6) is -0.702. The second kappa shape index (κ2) is 22.3. The van der Waals surface area contributed by atoms with E-state index in [1.807, 2.05) is 36.4 Å². The Balaban J connectivity index is 0.784. The molecule has 6 aliphatic rings. The fourth-order valence-electron chi connectivity index (χ4n) is 12.2. The van der Waals surface area contributed by atoms with Gasteiger partial charge in [0.15, 0.2) is 0 Å². The monoisotopic (exact) mass is 971 g/mol. The van der Waals surface area contributed by atoms with Gasteiger partial charge in [0, 0.05) is 73.4 Å². The fraction of sp³-hybridized carbons (Fsp3) is 0.537. The van der Waals surface area contributed by atoms with Crippen molar-refractivity contribution >= 4 is 53.0 Å². The summed E-state index contributed by atoms with van der Waals surface area (Å²) in [7, 11) is 1.65. The van der Waals surface area contributed by atoms with Crippen LogP contribution in [0.15, 0.2) is 84.9 Å². The number of nitrogens with zero attached hydrogens (tertiary/aromatic N) is 4. The van der Waals surface area contributed by atoms with E-state index >= 15 is 0 Å². The number of carbonyl (C=O) groups is 7. The first-order valence-electron chi connectivity index (χ1n) is 26.0. The van der Waals surface area contributed by atoms with Crippen LogP contribution < -0.4 is 31.9 Å². The lowest BCUT2D eigenvalue weighted by atomic mass is 9.94. The van der Waals surface area contributed by atoms with E-state index < -0.39 is 36.1 Å². The third kappa shape index (κ3) is 11.2. The first-order chi connectivity index (χ1) is 34.4. The van der Waals surface area contributed by atoms with Crippen molar-refractivity contribution in [2.45, 2.75) is 151 Å². The molecule has 9 amide bonds. The molecular weight excluding hydrogens is 901 g/mol. The van der Waals surface area contributed by atoms with Gasteiger partial charge >= 0.3 is 12.1 Å². The average molecular weight is 971 g/mol. The van der Waals surface area contributed by atoms with Crippen LogP contribution in [0.25, 0.3) is 0 Å². The van der Waals surface area contributed by atoms with E-state index in [0.29, 0.717) is 56.4 Å². The second-order valence-corrected chi connectivity index (χ2v) is 20.4. The standard InChI is InChI=1S/C54H70N10O7/c1-34(55-2)49(66)60-45-33-62(31-28-40-24-26-47(64(40)52(45)69)51(68)59-44-18-10-16-42(44)36-13-7-4-8-14-36)54(71)57-38-21-19-37(20-22-38)56-53(70)61-30-27-39-23-25-46(63(39)48(65)29-32-61)50(67)58-43-17-9-15-41(43)35-11-5-3-6-12-35/h3-8,11-14,19-22,34,39-47,55H,9-10,15-18,23-33H2,1-2H3,(H,56,70)(H,57,71)(H,58,67)(H,59,68)(H,60,66)/t34-,39+,40+,41-,42-,43+,44+,45-,46-,47-/m0/s1. The number of likely N-dealkylation sites (N-methyl/N-ethyl adjacent to an activating group) is 1. The number of rotatable bonds is 11.